The van der Waals surface area contributed by atoms with E-state index < -0.39 is 0 Å². The summed E-state index contributed by atoms with van der Waals surface area (Å²) in [5, 5.41) is 0. The number of hydrogen-bond donors (Lipinski definition) is 0. The Kier molecular flexibility index (Phi) is 5.37. The number of amides is 1. The number of hydrogen-bond acceptors (Lipinski definition) is 4. The van der Waals surface area contributed by atoms with Gasteiger partial charge < -0.3 is 14.4 Å². The van der Waals surface area contributed by atoms with E-state index in [1.54, 1.807) is 49.5 Å². The molecule has 1 heterocycles. The van der Waals surface area contributed by atoms with Gasteiger partial charge in [-0.1, -0.05) is 12.1 Å². The van der Waals surface area contributed by atoms with E-state index in [1.165, 1.54) is 6.08 Å². The van der Waals surface area contributed by atoms with Crippen LogP contribution in [0.4, 0.5) is 5.69 Å². The van der Waals surface area contributed by atoms with E-state index in [4.69, 9.17) is 9.47 Å². The van der Waals surface area contributed by atoms with E-state index in [2.05, 4.69) is 0 Å². The number of nitrogens with zero attached hydrogens (tertiary/aromatic N) is 1. The minimum absolute atomic E-state index is 0.105. The number of ketones is 1. The number of rotatable bonds is 6. The fourth-order valence-corrected chi connectivity index (χ4v) is 2.97. The number of allylic oxidation sites excluding steroid dienone is 1. The van der Waals surface area contributed by atoms with Crippen molar-refractivity contribution in [1.29, 1.82) is 0 Å². The van der Waals surface area contributed by atoms with Crippen LogP contribution in [-0.4, -0.2) is 32.5 Å². The molecule has 0 radical (unpaired) electrons. The number of benzene rings is 2. The van der Waals surface area contributed by atoms with Crippen LogP contribution in [0.5, 0.6) is 11.5 Å². The van der Waals surface area contributed by atoms with Crippen LogP contribution in [0.3, 0.4) is 0 Å². The average molecular weight is 351 g/mol. The zero-order valence-corrected chi connectivity index (χ0v) is 14.9. The second kappa shape index (κ2) is 7.87. The molecular weight excluding hydrogens is 330 g/mol. The normalized spacial score (nSPS) is 14.1. The van der Waals surface area contributed by atoms with Gasteiger partial charge in [0.25, 0.3) is 0 Å². The molecule has 2 aromatic carbocycles. The zero-order chi connectivity index (χ0) is 18.5. The highest BCUT2D eigenvalue weighted by Crippen LogP contribution is 2.26. The second-order valence-electron chi connectivity index (χ2n) is 6.00. The summed E-state index contributed by atoms with van der Waals surface area (Å²) in [5.74, 6) is 1.29. The summed E-state index contributed by atoms with van der Waals surface area (Å²) < 4.78 is 10.5. The minimum Gasteiger partial charge on any atom is -0.497 e. The third-order valence-electron chi connectivity index (χ3n) is 4.37. The highest BCUT2D eigenvalue weighted by atomic mass is 16.5. The van der Waals surface area contributed by atoms with Crippen LogP contribution < -0.4 is 14.4 Å². The predicted octanol–water partition coefficient (Wildman–Crippen LogP) is 3.73. The third-order valence-corrected chi connectivity index (χ3v) is 4.37. The van der Waals surface area contributed by atoms with E-state index in [9.17, 15) is 9.59 Å². The number of carbonyl (C=O) groups is 2. The van der Waals surface area contributed by atoms with Crippen LogP contribution >= 0.6 is 0 Å². The lowest BCUT2D eigenvalue weighted by atomic mass is 10.1. The van der Waals surface area contributed by atoms with Gasteiger partial charge in [-0.3, -0.25) is 9.59 Å². The Bertz CT molecular complexity index is 857. The van der Waals surface area contributed by atoms with Gasteiger partial charge in [0.2, 0.25) is 5.91 Å². The lowest BCUT2D eigenvalue weighted by Gasteiger charge is -2.16. The van der Waals surface area contributed by atoms with Crippen LogP contribution in [0, 0.1) is 0 Å². The van der Waals surface area contributed by atoms with Gasteiger partial charge in [0.15, 0.2) is 5.78 Å². The van der Waals surface area contributed by atoms with Crippen molar-refractivity contribution in [3.63, 3.8) is 0 Å². The van der Waals surface area contributed by atoms with Crippen LogP contribution in [0.15, 0.2) is 48.5 Å². The maximum absolute atomic E-state index is 12.5. The second-order valence-corrected chi connectivity index (χ2v) is 6.00. The first-order valence-electron chi connectivity index (χ1n) is 8.47. The SMILES string of the molecule is COc1ccc(C=CC(=O)c2cccc(N3CCCC3=O)c2)c(OC)c1. The number of carbonyl (C=O) groups excluding carboxylic acids is 2. The van der Waals surface area contributed by atoms with Gasteiger partial charge in [-0.05, 0) is 42.8 Å². The van der Waals surface area contributed by atoms with Gasteiger partial charge in [-0.2, -0.15) is 0 Å². The molecule has 0 unspecified atom stereocenters. The fourth-order valence-electron chi connectivity index (χ4n) is 2.97. The summed E-state index contributed by atoms with van der Waals surface area (Å²) >= 11 is 0. The summed E-state index contributed by atoms with van der Waals surface area (Å²) in [4.78, 5) is 26.2. The smallest absolute Gasteiger partial charge is 0.227 e. The van der Waals surface area contributed by atoms with Gasteiger partial charge in [0.1, 0.15) is 11.5 Å². The molecule has 0 N–H and O–H groups in total. The van der Waals surface area contributed by atoms with E-state index in [-0.39, 0.29) is 11.7 Å². The van der Waals surface area contributed by atoms with E-state index in [0.29, 0.717) is 30.0 Å². The quantitative estimate of drug-likeness (QED) is 0.588. The molecule has 2 aromatic rings. The number of anilines is 1. The number of ether oxygens (including phenoxy) is 2. The molecule has 0 saturated carbocycles. The van der Waals surface area contributed by atoms with E-state index >= 15 is 0 Å². The summed E-state index contributed by atoms with van der Waals surface area (Å²) in [6.07, 6.45) is 4.65. The third kappa shape index (κ3) is 3.77. The topological polar surface area (TPSA) is 55.8 Å². The predicted molar refractivity (Wildman–Crippen MR) is 101 cm³/mol. The Labute approximate surface area is 152 Å². The molecule has 3 rings (SSSR count). The Hall–Kier alpha value is -3.08. The summed E-state index contributed by atoms with van der Waals surface area (Å²) in [5.41, 5.74) is 2.10. The van der Waals surface area contributed by atoms with Crippen molar-refractivity contribution in [3.05, 3.63) is 59.7 Å². The molecule has 0 aromatic heterocycles. The largest absolute Gasteiger partial charge is 0.497 e. The van der Waals surface area contributed by atoms with Crippen molar-refractivity contribution in [2.75, 3.05) is 25.7 Å². The first-order chi connectivity index (χ1) is 12.6. The monoisotopic (exact) mass is 351 g/mol. The lowest BCUT2D eigenvalue weighted by molar-refractivity contribution is -0.117. The number of methoxy groups -OCH3 is 2. The maximum atomic E-state index is 12.5. The van der Waals surface area contributed by atoms with Crippen LogP contribution in [-0.2, 0) is 4.79 Å². The molecule has 26 heavy (non-hydrogen) atoms. The minimum atomic E-state index is -0.128. The molecule has 0 spiro atoms. The Morgan fingerprint density at radius 1 is 1.12 bits per heavy atom. The van der Waals surface area contributed by atoms with Crippen molar-refractivity contribution in [2.45, 2.75) is 12.8 Å². The first kappa shape index (κ1) is 17.7. The van der Waals surface area contributed by atoms with Gasteiger partial charge >= 0.3 is 0 Å². The molecule has 1 amide bonds. The van der Waals surface area contributed by atoms with Crippen molar-refractivity contribution in [3.8, 4) is 11.5 Å². The fraction of sp³-hybridized carbons (Fsp3) is 0.238. The highest BCUT2D eigenvalue weighted by Gasteiger charge is 2.22. The molecular formula is C21H21NO4. The summed E-state index contributed by atoms with van der Waals surface area (Å²) in [6.45, 7) is 0.704. The van der Waals surface area contributed by atoms with Crippen molar-refractivity contribution in [2.24, 2.45) is 0 Å². The molecule has 134 valence electrons. The molecule has 1 aliphatic rings. The van der Waals surface area contributed by atoms with Crippen molar-refractivity contribution in [1.82, 2.24) is 0 Å². The average Bonchev–Trinajstić information content (AvgIpc) is 3.12. The highest BCUT2D eigenvalue weighted by molar-refractivity contribution is 6.08. The van der Waals surface area contributed by atoms with Gasteiger partial charge in [-0.15, -0.1) is 0 Å². The standard InChI is InChI=1S/C21H21NO4/c1-25-18-10-8-15(20(14-18)26-2)9-11-19(23)16-5-3-6-17(13-16)22-12-4-7-21(22)24/h3,5-6,8-11,13-14H,4,7,12H2,1-2H3. The molecule has 1 saturated heterocycles. The maximum Gasteiger partial charge on any atom is 0.227 e. The lowest BCUT2D eigenvalue weighted by Crippen LogP contribution is -2.23. The zero-order valence-electron chi connectivity index (χ0n) is 14.9. The molecule has 1 aliphatic heterocycles. The van der Waals surface area contributed by atoms with Crippen molar-refractivity contribution >= 4 is 23.5 Å². The first-order valence-corrected chi connectivity index (χ1v) is 8.47. The van der Waals surface area contributed by atoms with Gasteiger partial charge in [-0.25, -0.2) is 0 Å². The molecule has 0 bridgehead atoms. The molecule has 0 aliphatic carbocycles. The van der Waals surface area contributed by atoms with Crippen LogP contribution in [0.2, 0.25) is 0 Å². The summed E-state index contributed by atoms with van der Waals surface area (Å²) in [6, 6.07) is 12.6. The molecule has 0 atom stereocenters. The Balaban J connectivity index is 1.80. The molecule has 1 fully saturated rings. The summed E-state index contributed by atoms with van der Waals surface area (Å²) in [7, 11) is 3.16. The molecule has 5 nitrogen and oxygen atoms in total. The van der Waals surface area contributed by atoms with Gasteiger partial charge in [0, 0.05) is 35.8 Å². The van der Waals surface area contributed by atoms with Crippen LogP contribution in [0.25, 0.3) is 6.08 Å². The Morgan fingerprint density at radius 3 is 2.65 bits per heavy atom. The van der Waals surface area contributed by atoms with E-state index in [1.807, 2.05) is 18.2 Å². The van der Waals surface area contributed by atoms with Crippen molar-refractivity contribution < 1.29 is 19.1 Å². The Morgan fingerprint density at radius 2 is 1.96 bits per heavy atom. The molecule has 5 heteroatoms. The van der Waals surface area contributed by atoms with Gasteiger partial charge in [0.05, 0.1) is 14.2 Å². The van der Waals surface area contributed by atoms with Crippen LogP contribution in [0.1, 0.15) is 28.8 Å². The van der Waals surface area contributed by atoms with E-state index in [0.717, 1.165) is 17.7 Å².